The summed E-state index contributed by atoms with van der Waals surface area (Å²) >= 11 is 5.30. The maximum Gasteiger partial charge on any atom is 0.170 e. The van der Waals surface area contributed by atoms with Crippen LogP contribution in [0.5, 0.6) is 11.5 Å². The molecule has 4 nitrogen and oxygen atoms in total. The first-order valence-electron chi connectivity index (χ1n) is 7.53. The number of nitrogens with one attached hydrogen (secondary N) is 2. The summed E-state index contributed by atoms with van der Waals surface area (Å²) in [6.07, 6.45) is 1.92. The molecule has 2 N–H and O–H groups in total. The van der Waals surface area contributed by atoms with E-state index in [0.29, 0.717) is 5.11 Å². The summed E-state index contributed by atoms with van der Waals surface area (Å²) in [4.78, 5) is 0. The number of thiocarbonyl (C=S) groups is 1. The summed E-state index contributed by atoms with van der Waals surface area (Å²) in [6.45, 7) is 0.806. The second-order valence-corrected chi connectivity index (χ2v) is 5.43. The summed E-state index contributed by atoms with van der Waals surface area (Å²) in [5.74, 6) is 1.76. The average molecular weight is 330 g/mol. The van der Waals surface area contributed by atoms with Crippen LogP contribution in [0.25, 0.3) is 0 Å². The van der Waals surface area contributed by atoms with Crippen LogP contribution in [0.15, 0.2) is 48.5 Å². The Kier molecular flexibility index (Phi) is 6.69. The first-order chi connectivity index (χ1) is 11.2. The normalized spacial score (nSPS) is 10.0. The van der Waals surface area contributed by atoms with Gasteiger partial charge < -0.3 is 20.1 Å². The molecule has 0 atom stereocenters. The molecular formula is C18H22N2O2S. The zero-order valence-electron chi connectivity index (χ0n) is 13.5. The van der Waals surface area contributed by atoms with Crippen LogP contribution in [0.4, 0.5) is 5.69 Å². The van der Waals surface area contributed by atoms with E-state index in [0.717, 1.165) is 36.6 Å². The second kappa shape index (κ2) is 9.00. The van der Waals surface area contributed by atoms with Gasteiger partial charge in [0.15, 0.2) is 5.11 Å². The third-order valence-corrected chi connectivity index (χ3v) is 3.70. The fourth-order valence-electron chi connectivity index (χ4n) is 2.24. The van der Waals surface area contributed by atoms with Crippen molar-refractivity contribution in [2.24, 2.45) is 0 Å². The van der Waals surface area contributed by atoms with Crippen LogP contribution in [0.1, 0.15) is 12.0 Å². The first-order valence-corrected chi connectivity index (χ1v) is 7.94. The fourth-order valence-corrected chi connectivity index (χ4v) is 2.46. The Morgan fingerprint density at radius 1 is 1.00 bits per heavy atom. The molecule has 0 radical (unpaired) electrons. The van der Waals surface area contributed by atoms with E-state index in [2.05, 4.69) is 16.7 Å². The van der Waals surface area contributed by atoms with Crippen molar-refractivity contribution in [3.05, 3.63) is 54.1 Å². The zero-order chi connectivity index (χ0) is 16.5. The van der Waals surface area contributed by atoms with Crippen LogP contribution in [-0.2, 0) is 6.42 Å². The Morgan fingerprint density at radius 3 is 2.43 bits per heavy atom. The van der Waals surface area contributed by atoms with Crippen molar-refractivity contribution in [3.63, 3.8) is 0 Å². The number of hydrogen-bond acceptors (Lipinski definition) is 3. The molecule has 0 bridgehead atoms. The van der Waals surface area contributed by atoms with Gasteiger partial charge in [0.05, 0.1) is 14.2 Å². The Bertz CT molecular complexity index is 629. The lowest BCUT2D eigenvalue weighted by molar-refractivity contribution is 0.409. The number of para-hydroxylation sites is 1. The van der Waals surface area contributed by atoms with Crippen LogP contribution in [0.3, 0.4) is 0 Å². The van der Waals surface area contributed by atoms with E-state index in [4.69, 9.17) is 21.7 Å². The molecule has 0 fully saturated rings. The van der Waals surface area contributed by atoms with E-state index in [9.17, 15) is 0 Å². The highest BCUT2D eigenvalue weighted by atomic mass is 32.1. The Labute approximate surface area is 142 Å². The van der Waals surface area contributed by atoms with E-state index < -0.39 is 0 Å². The van der Waals surface area contributed by atoms with Crippen LogP contribution >= 0.6 is 12.2 Å². The fraction of sp³-hybridized carbons (Fsp3) is 0.278. The van der Waals surface area contributed by atoms with Gasteiger partial charge in [-0.05, 0) is 61.0 Å². The number of anilines is 1. The Balaban J connectivity index is 1.72. The van der Waals surface area contributed by atoms with Gasteiger partial charge in [-0.15, -0.1) is 0 Å². The summed E-state index contributed by atoms with van der Waals surface area (Å²) in [7, 11) is 3.35. The molecule has 0 saturated carbocycles. The lowest BCUT2D eigenvalue weighted by atomic mass is 10.1. The van der Waals surface area contributed by atoms with E-state index in [1.54, 1.807) is 14.2 Å². The van der Waals surface area contributed by atoms with Crippen LogP contribution in [0, 0.1) is 0 Å². The molecule has 0 unspecified atom stereocenters. The minimum absolute atomic E-state index is 0.621. The van der Waals surface area contributed by atoms with E-state index in [1.807, 2.05) is 42.5 Å². The Morgan fingerprint density at radius 2 is 1.74 bits per heavy atom. The minimum atomic E-state index is 0.621. The van der Waals surface area contributed by atoms with Gasteiger partial charge in [0.2, 0.25) is 0 Å². The predicted molar refractivity (Wildman–Crippen MR) is 98.5 cm³/mol. The van der Waals surface area contributed by atoms with Gasteiger partial charge in [-0.3, -0.25) is 0 Å². The summed E-state index contributed by atoms with van der Waals surface area (Å²) < 4.78 is 10.5. The van der Waals surface area contributed by atoms with Crippen molar-refractivity contribution in [1.82, 2.24) is 5.32 Å². The standard InChI is InChI=1S/C18H22N2O2S/c1-21-16-11-9-15(10-12-16)20-18(23)19-13-5-7-14-6-3-4-8-17(14)22-2/h3-4,6,8-12H,5,7,13H2,1-2H3,(H2,19,20,23). The number of aryl methyl sites for hydroxylation is 1. The minimum Gasteiger partial charge on any atom is -0.497 e. The highest BCUT2D eigenvalue weighted by Crippen LogP contribution is 2.18. The van der Waals surface area contributed by atoms with Crippen molar-refractivity contribution < 1.29 is 9.47 Å². The molecular weight excluding hydrogens is 308 g/mol. The number of rotatable bonds is 7. The van der Waals surface area contributed by atoms with Gasteiger partial charge in [0, 0.05) is 12.2 Å². The number of hydrogen-bond donors (Lipinski definition) is 2. The van der Waals surface area contributed by atoms with Gasteiger partial charge in [-0.2, -0.15) is 0 Å². The molecule has 23 heavy (non-hydrogen) atoms. The molecule has 122 valence electrons. The summed E-state index contributed by atoms with van der Waals surface area (Å²) in [6, 6.07) is 15.7. The lowest BCUT2D eigenvalue weighted by Gasteiger charge is -2.12. The number of methoxy groups -OCH3 is 2. The summed E-state index contributed by atoms with van der Waals surface area (Å²) in [5, 5.41) is 6.99. The van der Waals surface area contributed by atoms with Crippen molar-refractivity contribution in [3.8, 4) is 11.5 Å². The summed E-state index contributed by atoms with van der Waals surface area (Å²) in [5.41, 5.74) is 2.15. The molecule has 0 aliphatic carbocycles. The van der Waals surface area contributed by atoms with E-state index >= 15 is 0 Å². The predicted octanol–water partition coefficient (Wildman–Crippen LogP) is 3.62. The van der Waals surface area contributed by atoms with Gasteiger partial charge in [0.1, 0.15) is 11.5 Å². The van der Waals surface area contributed by atoms with Crippen molar-refractivity contribution in [2.75, 3.05) is 26.1 Å². The molecule has 0 heterocycles. The van der Waals surface area contributed by atoms with Gasteiger partial charge in [-0.25, -0.2) is 0 Å². The maximum absolute atomic E-state index is 5.35. The van der Waals surface area contributed by atoms with Crippen molar-refractivity contribution >= 4 is 23.0 Å². The molecule has 2 rings (SSSR count). The highest BCUT2D eigenvalue weighted by Gasteiger charge is 2.02. The topological polar surface area (TPSA) is 42.5 Å². The molecule has 0 aromatic heterocycles. The van der Waals surface area contributed by atoms with Gasteiger partial charge in [0.25, 0.3) is 0 Å². The lowest BCUT2D eigenvalue weighted by Crippen LogP contribution is -2.29. The number of ether oxygens (including phenoxy) is 2. The van der Waals surface area contributed by atoms with Crippen LogP contribution in [0.2, 0.25) is 0 Å². The first kappa shape index (κ1) is 17.1. The van der Waals surface area contributed by atoms with Gasteiger partial charge >= 0.3 is 0 Å². The highest BCUT2D eigenvalue weighted by molar-refractivity contribution is 7.80. The second-order valence-electron chi connectivity index (χ2n) is 5.02. The van der Waals surface area contributed by atoms with Crippen LogP contribution in [-0.4, -0.2) is 25.9 Å². The quantitative estimate of drug-likeness (QED) is 0.599. The van der Waals surface area contributed by atoms with Crippen LogP contribution < -0.4 is 20.1 Å². The van der Waals surface area contributed by atoms with E-state index in [1.165, 1.54) is 5.56 Å². The monoisotopic (exact) mass is 330 g/mol. The zero-order valence-corrected chi connectivity index (χ0v) is 14.3. The SMILES string of the molecule is COc1ccc(NC(=S)NCCCc2ccccc2OC)cc1. The average Bonchev–Trinajstić information content (AvgIpc) is 2.59. The molecule has 2 aromatic rings. The largest absolute Gasteiger partial charge is 0.497 e. The molecule has 5 heteroatoms. The van der Waals surface area contributed by atoms with Crippen molar-refractivity contribution in [2.45, 2.75) is 12.8 Å². The molecule has 0 saturated heterocycles. The molecule has 0 spiro atoms. The molecule has 0 aliphatic rings. The maximum atomic E-state index is 5.35. The Hall–Kier alpha value is -2.27. The third-order valence-electron chi connectivity index (χ3n) is 3.45. The van der Waals surface area contributed by atoms with E-state index in [-0.39, 0.29) is 0 Å². The smallest absolute Gasteiger partial charge is 0.170 e. The molecule has 0 aliphatic heterocycles. The third kappa shape index (κ3) is 5.45. The van der Waals surface area contributed by atoms with Crippen molar-refractivity contribution in [1.29, 1.82) is 0 Å². The molecule has 2 aromatic carbocycles. The van der Waals surface area contributed by atoms with Gasteiger partial charge in [-0.1, -0.05) is 18.2 Å². The molecule has 0 amide bonds. The number of benzene rings is 2.